The van der Waals surface area contributed by atoms with Gasteiger partial charge in [0.2, 0.25) is 6.10 Å². The third-order valence-corrected chi connectivity index (χ3v) is 5.80. The molecular weight excluding hydrogens is 438 g/mol. The first kappa shape index (κ1) is 25.4. The smallest absolute Gasteiger partial charge is 0.340 e. The van der Waals surface area contributed by atoms with Crippen molar-refractivity contribution in [1.82, 2.24) is 10.6 Å². The number of hydrogen-bond acceptors (Lipinski definition) is 7. The zero-order chi connectivity index (χ0) is 24.5. The van der Waals surface area contributed by atoms with Crippen LogP contribution in [-0.2, 0) is 27.3 Å². The number of carbonyl (C=O) groups is 3. The minimum absolute atomic E-state index is 0.106. The van der Waals surface area contributed by atoms with Gasteiger partial charge in [-0.25, -0.2) is 4.79 Å². The molecule has 2 aromatic rings. The third kappa shape index (κ3) is 6.86. The Balaban J connectivity index is 1.82. The number of nitrogens with one attached hydrogen (secondary N) is 2. The van der Waals surface area contributed by atoms with Gasteiger partial charge in [0.1, 0.15) is 5.75 Å². The number of hydrogen-bond donors (Lipinski definition) is 4. The van der Waals surface area contributed by atoms with Crippen LogP contribution in [0, 0.1) is 0 Å². The largest absolute Gasteiger partial charge is 0.497 e. The lowest BCUT2D eigenvalue weighted by molar-refractivity contribution is -0.162. The van der Waals surface area contributed by atoms with E-state index in [9.17, 15) is 19.5 Å². The first-order valence-corrected chi connectivity index (χ1v) is 11.3. The van der Waals surface area contributed by atoms with Gasteiger partial charge in [0.05, 0.1) is 19.3 Å². The van der Waals surface area contributed by atoms with Crippen molar-refractivity contribution in [2.45, 2.75) is 44.1 Å². The number of benzene rings is 2. The average molecular weight is 470 g/mol. The van der Waals surface area contributed by atoms with Crippen molar-refractivity contribution >= 4 is 17.7 Å². The Labute approximate surface area is 198 Å². The van der Waals surface area contributed by atoms with E-state index in [0.29, 0.717) is 43.8 Å². The SMILES string of the molecule is COc1ccc(CC(NC(=O)c2ccc(CN)cc2)C(=O)[C@H](OC2CCNCC2)C(=O)O)cc1. The molecule has 182 valence electrons. The van der Waals surface area contributed by atoms with Gasteiger partial charge in [-0.15, -0.1) is 0 Å². The molecule has 0 aliphatic carbocycles. The van der Waals surface area contributed by atoms with E-state index in [1.165, 1.54) is 0 Å². The zero-order valence-corrected chi connectivity index (χ0v) is 19.2. The number of ether oxygens (including phenoxy) is 2. The van der Waals surface area contributed by atoms with Crippen molar-refractivity contribution in [3.05, 3.63) is 65.2 Å². The molecule has 9 nitrogen and oxygen atoms in total. The van der Waals surface area contributed by atoms with E-state index in [4.69, 9.17) is 15.2 Å². The molecule has 0 saturated carbocycles. The lowest BCUT2D eigenvalue weighted by atomic mass is 9.97. The van der Waals surface area contributed by atoms with Gasteiger partial charge < -0.3 is 30.9 Å². The van der Waals surface area contributed by atoms with E-state index in [-0.39, 0.29) is 12.5 Å². The lowest BCUT2D eigenvalue weighted by Crippen LogP contribution is -2.51. The highest BCUT2D eigenvalue weighted by molar-refractivity contribution is 6.06. The fraction of sp³-hybridized carbons (Fsp3) is 0.400. The summed E-state index contributed by atoms with van der Waals surface area (Å²) in [6.07, 6.45) is -0.687. The van der Waals surface area contributed by atoms with Crippen molar-refractivity contribution in [1.29, 1.82) is 0 Å². The number of carbonyl (C=O) groups excluding carboxylic acids is 2. The summed E-state index contributed by atoms with van der Waals surface area (Å²) in [6.45, 7) is 1.72. The number of carboxylic acid groups (broad SMARTS) is 1. The second kappa shape index (κ2) is 12.3. The van der Waals surface area contributed by atoms with Gasteiger partial charge in [0, 0.05) is 12.1 Å². The molecule has 2 aromatic carbocycles. The summed E-state index contributed by atoms with van der Waals surface area (Å²) in [5.41, 5.74) is 7.56. The molecule has 0 radical (unpaired) electrons. The average Bonchev–Trinajstić information content (AvgIpc) is 2.87. The van der Waals surface area contributed by atoms with E-state index < -0.39 is 29.8 Å². The molecule has 1 fully saturated rings. The molecule has 0 bridgehead atoms. The number of amides is 1. The van der Waals surface area contributed by atoms with Gasteiger partial charge in [0.15, 0.2) is 5.78 Å². The van der Waals surface area contributed by atoms with Crippen LogP contribution in [-0.4, -0.2) is 61.2 Å². The molecule has 34 heavy (non-hydrogen) atoms. The number of piperidine rings is 1. The van der Waals surface area contributed by atoms with Gasteiger partial charge in [0.25, 0.3) is 5.91 Å². The molecule has 1 amide bonds. The van der Waals surface area contributed by atoms with Crippen molar-refractivity contribution in [3.8, 4) is 5.75 Å². The second-order valence-electron chi connectivity index (χ2n) is 8.19. The van der Waals surface area contributed by atoms with Crippen LogP contribution < -0.4 is 21.1 Å². The Morgan fingerprint density at radius 2 is 1.68 bits per heavy atom. The molecule has 3 rings (SSSR count). The maximum atomic E-state index is 13.4. The van der Waals surface area contributed by atoms with Crippen LogP contribution in [0.25, 0.3) is 0 Å². The summed E-state index contributed by atoms with van der Waals surface area (Å²) < 4.78 is 10.9. The summed E-state index contributed by atoms with van der Waals surface area (Å²) in [5, 5.41) is 15.7. The molecular formula is C25H31N3O6. The van der Waals surface area contributed by atoms with Crippen molar-refractivity contribution in [2.75, 3.05) is 20.2 Å². The normalized spacial score (nSPS) is 15.8. The van der Waals surface area contributed by atoms with Gasteiger partial charge in [-0.1, -0.05) is 24.3 Å². The monoisotopic (exact) mass is 469 g/mol. The van der Waals surface area contributed by atoms with Gasteiger partial charge in [-0.3, -0.25) is 9.59 Å². The number of Topliss-reactive ketones (excluding diaryl/α,β-unsaturated/α-hetero) is 1. The quantitative estimate of drug-likeness (QED) is 0.361. The molecule has 1 aliphatic heterocycles. The Morgan fingerprint density at radius 3 is 2.24 bits per heavy atom. The minimum Gasteiger partial charge on any atom is -0.497 e. The number of methoxy groups -OCH3 is 1. The predicted octanol–water partition coefficient (Wildman–Crippen LogP) is 1.29. The maximum absolute atomic E-state index is 13.4. The number of ketones is 1. The van der Waals surface area contributed by atoms with Crippen molar-refractivity contribution in [2.24, 2.45) is 5.73 Å². The lowest BCUT2D eigenvalue weighted by Gasteiger charge is -2.28. The van der Waals surface area contributed by atoms with E-state index in [0.717, 1.165) is 11.1 Å². The third-order valence-electron chi connectivity index (χ3n) is 5.80. The maximum Gasteiger partial charge on any atom is 0.340 e. The first-order chi connectivity index (χ1) is 16.4. The standard InChI is InChI=1S/C25H31N3O6/c1-33-19-8-4-16(5-9-19)14-21(28-24(30)18-6-2-17(15-26)3-7-18)22(29)23(25(31)32)34-20-10-12-27-13-11-20/h2-9,20-21,23,27H,10-15,26H2,1H3,(H,28,30)(H,31,32)/t21?,23-/m0/s1. The van der Waals surface area contributed by atoms with Crippen LogP contribution in [0.2, 0.25) is 0 Å². The minimum atomic E-state index is -1.67. The number of aliphatic carboxylic acids is 1. The number of rotatable bonds is 11. The highest BCUT2D eigenvalue weighted by Crippen LogP contribution is 2.17. The molecule has 0 spiro atoms. The molecule has 1 saturated heterocycles. The number of nitrogens with two attached hydrogens (primary N) is 1. The highest BCUT2D eigenvalue weighted by Gasteiger charge is 2.36. The van der Waals surface area contributed by atoms with Crippen LogP contribution in [0.15, 0.2) is 48.5 Å². The molecule has 5 N–H and O–H groups in total. The van der Waals surface area contributed by atoms with Gasteiger partial charge in [-0.2, -0.15) is 0 Å². The van der Waals surface area contributed by atoms with Crippen LogP contribution in [0.4, 0.5) is 0 Å². The Bertz CT molecular complexity index is 971. The Kier molecular flexibility index (Phi) is 9.15. The predicted molar refractivity (Wildman–Crippen MR) is 126 cm³/mol. The molecule has 2 atom stereocenters. The molecule has 1 aliphatic rings. The van der Waals surface area contributed by atoms with Crippen LogP contribution in [0.5, 0.6) is 5.75 Å². The number of carboxylic acids is 1. The summed E-state index contributed by atoms with van der Waals surface area (Å²) in [6, 6.07) is 12.6. The zero-order valence-electron chi connectivity index (χ0n) is 19.2. The topological polar surface area (TPSA) is 140 Å². The summed E-state index contributed by atoms with van der Waals surface area (Å²) in [7, 11) is 1.55. The second-order valence-corrected chi connectivity index (χ2v) is 8.19. The van der Waals surface area contributed by atoms with E-state index in [2.05, 4.69) is 10.6 Å². The van der Waals surface area contributed by atoms with Crippen LogP contribution >= 0.6 is 0 Å². The van der Waals surface area contributed by atoms with Crippen molar-refractivity contribution in [3.63, 3.8) is 0 Å². The summed E-state index contributed by atoms with van der Waals surface area (Å²) >= 11 is 0. The molecule has 1 heterocycles. The molecule has 0 aromatic heterocycles. The van der Waals surface area contributed by atoms with Crippen LogP contribution in [0.1, 0.15) is 34.3 Å². The Hall–Kier alpha value is -3.27. The van der Waals surface area contributed by atoms with Crippen LogP contribution in [0.3, 0.4) is 0 Å². The fourth-order valence-corrected chi connectivity index (χ4v) is 3.81. The summed E-state index contributed by atoms with van der Waals surface area (Å²) in [4.78, 5) is 38.3. The van der Waals surface area contributed by atoms with E-state index >= 15 is 0 Å². The van der Waals surface area contributed by atoms with E-state index in [1.54, 1.807) is 55.6 Å². The van der Waals surface area contributed by atoms with Gasteiger partial charge >= 0.3 is 5.97 Å². The Morgan fingerprint density at radius 1 is 1.06 bits per heavy atom. The molecule has 9 heteroatoms. The van der Waals surface area contributed by atoms with Crippen molar-refractivity contribution < 1.29 is 29.0 Å². The fourth-order valence-electron chi connectivity index (χ4n) is 3.81. The first-order valence-electron chi connectivity index (χ1n) is 11.3. The molecule has 1 unspecified atom stereocenters. The van der Waals surface area contributed by atoms with Gasteiger partial charge in [-0.05, 0) is 67.7 Å². The highest BCUT2D eigenvalue weighted by atomic mass is 16.5. The summed E-state index contributed by atoms with van der Waals surface area (Å²) in [5.74, 6) is -1.91. The van der Waals surface area contributed by atoms with E-state index in [1.807, 2.05) is 0 Å².